The largest absolute Gasteiger partial charge is 0.480 e. The number of amides is 3. The number of carboxylic acids is 1. The van der Waals surface area contributed by atoms with E-state index in [1.165, 1.54) is 7.05 Å². The van der Waals surface area contributed by atoms with Crippen LogP contribution in [-0.4, -0.2) is 66.9 Å². The Bertz CT molecular complexity index is 344. The van der Waals surface area contributed by atoms with Crippen LogP contribution < -0.4 is 16.4 Å². The average Bonchev–Trinajstić information content (AvgIpc) is 2.32. The van der Waals surface area contributed by atoms with Crippen LogP contribution >= 0.6 is 0 Å². The number of carboxylic acid groups (broad SMARTS) is 1. The fourth-order valence-corrected chi connectivity index (χ4v) is 0.931. The monoisotopic (exact) mass is 260 g/mol. The molecule has 3 amide bonds. The highest BCUT2D eigenvalue weighted by atomic mass is 16.4. The van der Waals surface area contributed by atoms with Gasteiger partial charge in [0.25, 0.3) is 0 Å². The van der Waals surface area contributed by atoms with E-state index in [1.54, 1.807) is 0 Å². The van der Waals surface area contributed by atoms with Crippen molar-refractivity contribution in [3.63, 3.8) is 0 Å². The Balaban J connectivity index is 3.86. The van der Waals surface area contributed by atoms with Crippen LogP contribution in [0.2, 0.25) is 0 Å². The Hall–Kier alpha value is -2.16. The van der Waals surface area contributed by atoms with Crippen molar-refractivity contribution >= 4 is 23.7 Å². The molecule has 5 N–H and O–H groups in total. The van der Waals surface area contributed by atoms with Crippen molar-refractivity contribution in [1.29, 1.82) is 0 Å². The Labute approximate surface area is 103 Å². The lowest BCUT2D eigenvalue weighted by molar-refractivity contribution is -0.138. The second kappa shape index (κ2) is 8.01. The molecule has 9 heteroatoms. The van der Waals surface area contributed by atoms with Gasteiger partial charge in [0.15, 0.2) is 0 Å². The molecule has 0 atom stereocenters. The summed E-state index contributed by atoms with van der Waals surface area (Å²) in [4.78, 5) is 44.6. The standard InChI is InChI=1S/C9H16N4O5/c1-13(8(16)2-10)5-7(15)11-3-6(14)12-4-9(17)18/h2-5,10H2,1H3,(H,11,15)(H,12,14)(H,17,18). The Morgan fingerprint density at radius 1 is 1.11 bits per heavy atom. The number of nitrogens with zero attached hydrogens (tertiary/aromatic N) is 1. The van der Waals surface area contributed by atoms with E-state index in [0.717, 1.165) is 4.90 Å². The van der Waals surface area contributed by atoms with Crippen molar-refractivity contribution in [2.75, 3.05) is 33.2 Å². The first-order valence-corrected chi connectivity index (χ1v) is 5.06. The van der Waals surface area contributed by atoms with Crippen molar-refractivity contribution in [3.05, 3.63) is 0 Å². The van der Waals surface area contributed by atoms with Gasteiger partial charge in [0.2, 0.25) is 17.7 Å². The molecule has 0 aliphatic heterocycles. The van der Waals surface area contributed by atoms with Crippen LogP contribution in [0.3, 0.4) is 0 Å². The minimum absolute atomic E-state index is 0.205. The zero-order valence-electron chi connectivity index (χ0n) is 9.93. The predicted molar refractivity (Wildman–Crippen MR) is 60.3 cm³/mol. The summed E-state index contributed by atoms with van der Waals surface area (Å²) in [5.74, 6) is -2.74. The van der Waals surface area contributed by atoms with Gasteiger partial charge in [-0.25, -0.2) is 0 Å². The van der Waals surface area contributed by atoms with E-state index in [0.29, 0.717) is 0 Å². The normalized spacial score (nSPS) is 9.44. The number of hydrogen-bond donors (Lipinski definition) is 4. The molecule has 0 heterocycles. The van der Waals surface area contributed by atoms with Crippen molar-refractivity contribution in [3.8, 4) is 0 Å². The minimum Gasteiger partial charge on any atom is -0.480 e. The molecule has 0 aliphatic carbocycles. The van der Waals surface area contributed by atoms with Gasteiger partial charge in [0.1, 0.15) is 6.54 Å². The number of carbonyl (C=O) groups excluding carboxylic acids is 3. The predicted octanol–water partition coefficient (Wildman–Crippen LogP) is -3.28. The van der Waals surface area contributed by atoms with E-state index in [-0.39, 0.29) is 19.6 Å². The number of carbonyl (C=O) groups is 4. The van der Waals surface area contributed by atoms with Gasteiger partial charge in [-0.2, -0.15) is 0 Å². The first kappa shape index (κ1) is 15.8. The fourth-order valence-electron chi connectivity index (χ4n) is 0.931. The third-order valence-corrected chi connectivity index (χ3v) is 1.86. The quantitative estimate of drug-likeness (QED) is 0.378. The van der Waals surface area contributed by atoms with E-state index < -0.39 is 30.2 Å². The zero-order chi connectivity index (χ0) is 14.1. The van der Waals surface area contributed by atoms with E-state index in [4.69, 9.17) is 10.8 Å². The second-order valence-electron chi connectivity index (χ2n) is 3.40. The molecule has 0 radical (unpaired) electrons. The lowest BCUT2D eigenvalue weighted by Gasteiger charge is -2.15. The number of aliphatic carboxylic acids is 1. The Morgan fingerprint density at radius 2 is 1.67 bits per heavy atom. The third kappa shape index (κ3) is 7.17. The van der Waals surface area contributed by atoms with Crippen molar-refractivity contribution in [1.82, 2.24) is 15.5 Å². The highest BCUT2D eigenvalue weighted by Crippen LogP contribution is 1.82. The first-order chi connectivity index (χ1) is 8.36. The number of likely N-dealkylation sites (N-methyl/N-ethyl adjacent to an activating group) is 1. The number of hydrogen-bond acceptors (Lipinski definition) is 5. The van der Waals surface area contributed by atoms with Gasteiger partial charge in [-0.1, -0.05) is 0 Å². The molecule has 102 valence electrons. The molecular formula is C9H16N4O5. The van der Waals surface area contributed by atoms with Gasteiger partial charge in [-0.05, 0) is 0 Å². The van der Waals surface area contributed by atoms with E-state index in [2.05, 4.69) is 10.6 Å². The van der Waals surface area contributed by atoms with E-state index in [9.17, 15) is 19.2 Å². The lowest BCUT2D eigenvalue weighted by atomic mass is 10.4. The van der Waals surface area contributed by atoms with Crippen LogP contribution in [0.25, 0.3) is 0 Å². The maximum absolute atomic E-state index is 11.3. The molecule has 0 aromatic rings. The molecule has 0 aromatic carbocycles. The topological polar surface area (TPSA) is 142 Å². The molecule has 0 rings (SSSR count). The van der Waals surface area contributed by atoms with Crippen LogP contribution in [0.5, 0.6) is 0 Å². The molecule has 0 saturated heterocycles. The molecule has 0 aromatic heterocycles. The van der Waals surface area contributed by atoms with Gasteiger partial charge >= 0.3 is 5.97 Å². The maximum atomic E-state index is 11.3. The van der Waals surface area contributed by atoms with Crippen LogP contribution in [0.4, 0.5) is 0 Å². The number of nitrogens with one attached hydrogen (secondary N) is 2. The summed E-state index contributed by atoms with van der Waals surface area (Å²) < 4.78 is 0. The van der Waals surface area contributed by atoms with Crippen molar-refractivity contribution < 1.29 is 24.3 Å². The van der Waals surface area contributed by atoms with Gasteiger partial charge < -0.3 is 26.4 Å². The van der Waals surface area contributed by atoms with Gasteiger partial charge in [-0.3, -0.25) is 19.2 Å². The Kier molecular flexibility index (Phi) is 7.05. The summed E-state index contributed by atoms with van der Waals surface area (Å²) in [7, 11) is 1.40. The van der Waals surface area contributed by atoms with Crippen LogP contribution in [-0.2, 0) is 19.2 Å². The number of nitrogens with two attached hydrogens (primary N) is 1. The average molecular weight is 260 g/mol. The summed E-state index contributed by atoms with van der Waals surface area (Å²) in [5.41, 5.74) is 5.10. The summed E-state index contributed by atoms with van der Waals surface area (Å²) in [6.45, 7) is -1.29. The summed E-state index contributed by atoms with van der Waals surface area (Å²) in [5, 5.41) is 12.6. The molecule has 0 unspecified atom stereocenters. The maximum Gasteiger partial charge on any atom is 0.322 e. The summed E-state index contributed by atoms with van der Waals surface area (Å²) >= 11 is 0. The molecule has 0 bridgehead atoms. The van der Waals surface area contributed by atoms with Crippen molar-refractivity contribution in [2.24, 2.45) is 5.73 Å². The highest BCUT2D eigenvalue weighted by molar-refractivity contribution is 5.89. The van der Waals surface area contributed by atoms with Crippen molar-refractivity contribution in [2.45, 2.75) is 0 Å². The molecule has 18 heavy (non-hydrogen) atoms. The molecular weight excluding hydrogens is 244 g/mol. The second-order valence-corrected chi connectivity index (χ2v) is 3.40. The fraction of sp³-hybridized carbons (Fsp3) is 0.556. The minimum atomic E-state index is -1.18. The molecule has 0 aliphatic rings. The van der Waals surface area contributed by atoms with Crippen LogP contribution in [0.1, 0.15) is 0 Å². The van der Waals surface area contributed by atoms with Gasteiger partial charge in [0, 0.05) is 7.05 Å². The molecule has 0 saturated carbocycles. The highest BCUT2D eigenvalue weighted by Gasteiger charge is 2.12. The smallest absolute Gasteiger partial charge is 0.322 e. The lowest BCUT2D eigenvalue weighted by Crippen LogP contribution is -2.44. The summed E-state index contributed by atoms with van der Waals surface area (Å²) in [6, 6.07) is 0. The molecule has 9 nitrogen and oxygen atoms in total. The Morgan fingerprint density at radius 3 is 2.17 bits per heavy atom. The van der Waals surface area contributed by atoms with E-state index >= 15 is 0 Å². The van der Waals surface area contributed by atoms with E-state index in [1.807, 2.05) is 0 Å². The molecule has 0 fully saturated rings. The van der Waals surface area contributed by atoms with Crippen LogP contribution in [0, 0.1) is 0 Å². The van der Waals surface area contributed by atoms with Gasteiger partial charge in [-0.15, -0.1) is 0 Å². The summed E-state index contributed by atoms with van der Waals surface area (Å²) in [6.07, 6.45) is 0. The van der Waals surface area contributed by atoms with Crippen LogP contribution in [0.15, 0.2) is 0 Å². The SMILES string of the molecule is CN(CC(=O)NCC(=O)NCC(=O)O)C(=O)CN. The molecule has 0 spiro atoms. The third-order valence-electron chi connectivity index (χ3n) is 1.86. The zero-order valence-corrected chi connectivity index (χ0v) is 9.93. The number of rotatable bonds is 7. The van der Waals surface area contributed by atoms with Gasteiger partial charge in [0.05, 0.1) is 19.6 Å². The first-order valence-electron chi connectivity index (χ1n) is 5.06.